The van der Waals surface area contributed by atoms with Crippen LogP contribution in [-0.2, 0) is 0 Å². The molecule has 0 saturated carbocycles. The Balaban J connectivity index is 2.40. The summed E-state index contributed by atoms with van der Waals surface area (Å²) < 4.78 is 27.5. The van der Waals surface area contributed by atoms with E-state index in [0.717, 1.165) is 24.1 Å². The molecule has 0 radical (unpaired) electrons. The first kappa shape index (κ1) is 11.6. The Morgan fingerprint density at radius 2 is 1.94 bits per heavy atom. The minimum atomic E-state index is -0.670. The summed E-state index contributed by atoms with van der Waals surface area (Å²) >= 11 is 0. The molecule has 4 heteroatoms. The number of hydrogen-bond donors (Lipinski definition) is 0. The van der Waals surface area contributed by atoms with E-state index in [1.165, 1.54) is 0 Å². The van der Waals surface area contributed by atoms with Gasteiger partial charge in [-0.3, -0.25) is 0 Å². The van der Waals surface area contributed by atoms with Gasteiger partial charge in [0.05, 0.1) is 11.6 Å². The second-order valence-electron chi connectivity index (χ2n) is 4.16. The molecule has 1 aliphatic heterocycles. The van der Waals surface area contributed by atoms with E-state index in [1.54, 1.807) is 11.0 Å². The lowest BCUT2D eigenvalue weighted by atomic mass is 10.1. The number of nitriles is 1. The zero-order valence-corrected chi connectivity index (χ0v) is 9.50. The fraction of sp³-hybridized carbons (Fsp3) is 0.308. The topological polar surface area (TPSA) is 27.0 Å². The first-order valence-electron chi connectivity index (χ1n) is 5.41. The van der Waals surface area contributed by atoms with Crippen LogP contribution in [0.1, 0.15) is 18.9 Å². The summed E-state index contributed by atoms with van der Waals surface area (Å²) in [4.78, 5) is 1.67. The van der Waals surface area contributed by atoms with Crippen LogP contribution in [0.25, 0.3) is 0 Å². The van der Waals surface area contributed by atoms with Crippen LogP contribution in [-0.4, -0.2) is 13.1 Å². The molecule has 1 aliphatic rings. The van der Waals surface area contributed by atoms with Crippen LogP contribution >= 0.6 is 0 Å². The van der Waals surface area contributed by atoms with Crippen LogP contribution in [0.2, 0.25) is 0 Å². The highest BCUT2D eigenvalue weighted by Crippen LogP contribution is 2.27. The molecule has 0 amide bonds. The second-order valence-corrected chi connectivity index (χ2v) is 4.16. The Bertz CT molecular complexity index is 492. The van der Waals surface area contributed by atoms with E-state index in [1.807, 2.05) is 6.92 Å². The standard InChI is InChI=1S/C13H12F2N2/c1-9-3-2-4-17(8-9)13-11(14)5-10(7-16)6-12(13)15/h3,5-6H,2,4,8H2,1H3. The van der Waals surface area contributed by atoms with Gasteiger partial charge in [0.1, 0.15) is 5.69 Å². The average molecular weight is 234 g/mol. The van der Waals surface area contributed by atoms with Crippen LogP contribution < -0.4 is 4.90 Å². The summed E-state index contributed by atoms with van der Waals surface area (Å²) in [5.74, 6) is -1.34. The van der Waals surface area contributed by atoms with Crippen molar-refractivity contribution in [2.45, 2.75) is 13.3 Å². The third-order valence-corrected chi connectivity index (χ3v) is 2.79. The summed E-state index contributed by atoms with van der Waals surface area (Å²) in [6, 6.07) is 3.89. The van der Waals surface area contributed by atoms with Gasteiger partial charge >= 0.3 is 0 Å². The molecule has 0 bridgehead atoms. The van der Waals surface area contributed by atoms with Gasteiger partial charge in [0, 0.05) is 13.1 Å². The molecular formula is C13H12F2N2. The number of anilines is 1. The quantitative estimate of drug-likeness (QED) is 0.698. The Morgan fingerprint density at radius 3 is 2.47 bits per heavy atom. The largest absolute Gasteiger partial charge is 0.362 e. The molecule has 2 nitrogen and oxygen atoms in total. The SMILES string of the molecule is CC1=CCCN(c2c(F)cc(C#N)cc2F)C1. The summed E-state index contributed by atoms with van der Waals surface area (Å²) in [5, 5.41) is 8.62. The minimum Gasteiger partial charge on any atom is -0.362 e. The first-order valence-corrected chi connectivity index (χ1v) is 5.41. The van der Waals surface area contributed by atoms with Gasteiger partial charge in [-0.25, -0.2) is 8.78 Å². The zero-order chi connectivity index (χ0) is 12.4. The molecule has 1 aromatic carbocycles. The molecule has 1 heterocycles. The van der Waals surface area contributed by atoms with Crippen molar-refractivity contribution in [3.8, 4) is 6.07 Å². The van der Waals surface area contributed by atoms with Gasteiger partial charge in [-0.2, -0.15) is 5.26 Å². The van der Waals surface area contributed by atoms with Crippen molar-refractivity contribution >= 4 is 5.69 Å². The van der Waals surface area contributed by atoms with E-state index in [4.69, 9.17) is 5.26 Å². The maximum Gasteiger partial charge on any atom is 0.150 e. The summed E-state index contributed by atoms with van der Waals surface area (Å²) in [6.45, 7) is 3.06. The van der Waals surface area contributed by atoms with Crippen molar-refractivity contribution in [2.24, 2.45) is 0 Å². The third kappa shape index (κ3) is 2.28. The minimum absolute atomic E-state index is 0.00743. The van der Waals surface area contributed by atoms with Crippen molar-refractivity contribution < 1.29 is 8.78 Å². The molecule has 88 valence electrons. The normalized spacial score (nSPS) is 15.4. The molecule has 0 N–H and O–H groups in total. The fourth-order valence-electron chi connectivity index (χ4n) is 2.03. The fourth-order valence-corrected chi connectivity index (χ4v) is 2.03. The van der Waals surface area contributed by atoms with E-state index in [9.17, 15) is 8.78 Å². The molecule has 0 aromatic heterocycles. The van der Waals surface area contributed by atoms with E-state index in [0.29, 0.717) is 13.1 Å². The van der Waals surface area contributed by atoms with Gasteiger partial charge in [-0.05, 0) is 25.5 Å². The van der Waals surface area contributed by atoms with Gasteiger partial charge in [0.15, 0.2) is 11.6 Å². The van der Waals surface area contributed by atoms with E-state index >= 15 is 0 Å². The number of hydrogen-bond acceptors (Lipinski definition) is 2. The van der Waals surface area contributed by atoms with Crippen LogP contribution in [0.5, 0.6) is 0 Å². The molecular weight excluding hydrogens is 222 g/mol. The lowest BCUT2D eigenvalue weighted by Gasteiger charge is -2.28. The van der Waals surface area contributed by atoms with Crippen LogP contribution in [0.4, 0.5) is 14.5 Å². The van der Waals surface area contributed by atoms with Crippen molar-refractivity contribution in [2.75, 3.05) is 18.0 Å². The average Bonchev–Trinajstić information content (AvgIpc) is 2.28. The van der Waals surface area contributed by atoms with Gasteiger partial charge in [-0.15, -0.1) is 0 Å². The van der Waals surface area contributed by atoms with Crippen molar-refractivity contribution in [3.63, 3.8) is 0 Å². The maximum atomic E-state index is 13.8. The highest BCUT2D eigenvalue weighted by molar-refractivity contribution is 5.54. The van der Waals surface area contributed by atoms with Crippen molar-refractivity contribution in [3.05, 3.63) is 41.0 Å². The summed E-state index contributed by atoms with van der Waals surface area (Å²) in [5.41, 5.74) is 1.07. The van der Waals surface area contributed by atoms with E-state index in [2.05, 4.69) is 6.08 Å². The number of benzene rings is 1. The summed E-state index contributed by atoms with van der Waals surface area (Å²) in [7, 11) is 0. The lowest BCUT2D eigenvalue weighted by Crippen LogP contribution is -2.30. The first-order chi connectivity index (χ1) is 8.11. The molecule has 2 rings (SSSR count). The van der Waals surface area contributed by atoms with Gasteiger partial charge in [-0.1, -0.05) is 11.6 Å². The molecule has 17 heavy (non-hydrogen) atoms. The predicted molar refractivity (Wildman–Crippen MR) is 61.7 cm³/mol. The van der Waals surface area contributed by atoms with Crippen LogP contribution in [0.15, 0.2) is 23.8 Å². The summed E-state index contributed by atoms with van der Waals surface area (Å²) in [6.07, 6.45) is 2.85. The number of halogens is 2. The molecule has 1 aromatic rings. The third-order valence-electron chi connectivity index (χ3n) is 2.79. The smallest absolute Gasteiger partial charge is 0.150 e. The highest BCUT2D eigenvalue weighted by Gasteiger charge is 2.19. The molecule has 0 unspecified atom stereocenters. The van der Waals surface area contributed by atoms with Gasteiger partial charge < -0.3 is 4.90 Å². The van der Waals surface area contributed by atoms with Crippen LogP contribution in [0.3, 0.4) is 0 Å². The molecule has 0 atom stereocenters. The van der Waals surface area contributed by atoms with E-state index in [-0.39, 0.29) is 11.3 Å². The molecule has 0 aliphatic carbocycles. The lowest BCUT2D eigenvalue weighted by molar-refractivity contribution is 0.570. The molecule has 0 spiro atoms. The number of nitrogens with zero attached hydrogens (tertiary/aromatic N) is 2. The van der Waals surface area contributed by atoms with Gasteiger partial charge in [0.2, 0.25) is 0 Å². The molecule has 0 fully saturated rings. The van der Waals surface area contributed by atoms with Crippen molar-refractivity contribution in [1.29, 1.82) is 5.26 Å². The number of rotatable bonds is 1. The zero-order valence-electron chi connectivity index (χ0n) is 9.50. The van der Waals surface area contributed by atoms with Gasteiger partial charge in [0.25, 0.3) is 0 Å². The monoisotopic (exact) mass is 234 g/mol. The maximum absolute atomic E-state index is 13.8. The van der Waals surface area contributed by atoms with E-state index < -0.39 is 11.6 Å². The predicted octanol–water partition coefficient (Wildman–Crippen LogP) is 2.99. The van der Waals surface area contributed by atoms with Crippen LogP contribution in [0, 0.1) is 23.0 Å². The van der Waals surface area contributed by atoms with Crippen molar-refractivity contribution in [1.82, 2.24) is 0 Å². The Labute approximate surface area is 98.8 Å². The Morgan fingerprint density at radius 1 is 1.29 bits per heavy atom. The Kier molecular flexibility index (Phi) is 3.10. The highest BCUT2D eigenvalue weighted by atomic mass is 19.1. The molecule has 0 saturated heterocycles. The second kappa shape index (κ2) is 4.54. The Hall–Kier alpha value is -1.89.